The first-order valence-corrected chi connectivity index (χ1v) is 8.27. The Bertz CT molecular complexity index is 881. The highest BCUT2D eigenvalue weighted by atomic mass is 16.4. The molecule has 1 N–H and O–H groups in total. The van der Waals surface area contributed by atoms with Crippen molar-refractivity contribution >= 4 is 12.0 Å². The number of nitrogens with zero attached hydrogens (tertiary/aromatic N) is 2. The molecule has 0 saturated heterocycles. The predicted octanol–water partition coefficient (Wildman–Crippen LogP) is 4.48. The van der Waals surface area contributed by atoms with E-state index in [0.717, 1.165) is 11.4 Å². The van der Waals surface area contributed by atoms with Crippen molar-refractivity contribution in [2.45, 2.75) is 19.9 Å². The summed E-state index contributed by atoms with van der Waals surface area (Å²) in [4.78, 5) is 16.0. The Hall–Kier alpha value is -3.14. The van der Waals surface area contributed by atoms with Crippen LogP contribution in [0.3, 0.4) is 0 Å². The summed E-state index contributed by atoms with van der Waals surface area (Å²) < 4.78 is 2.06. The van der Waals surface area contributed by atoms with Gasteiger partial charge in [-0.2, -0.15) is 0 Å². The van der Waals surface area contributed by atoms with E-state index in [9.17, 15) is 9.90 Å². The van der Waals surface area contributed by atoms with Gasteiger partial charge >= 0.3 is 5.97 Å². The number of rotatable bonds is 6. The molecule has 0 radical (unpaired) electrons. The summed E-state index contributed by atoms with van der Waals surface area (Å²) in [5.41, 5.74) is 3.19. The smallest absolute Gasteiger partial charge is 0.331 e. The van der Waals surface area contributed by atoms with Crippen LogP contribution in [0.5, 0.6) is 0 Å². The zero-order valence-corrected chi connectivity index (χ0v) is 14.1. The number of benzene rings is 2. The maximum absolute atomic E-state index is 11.3. The minimum Gasteiger partial charge on any atom is -0.478 e. The van der Waals surface area contributed by atoms with Crippen LogP contribution in [0.15, 0.2) is 72.4 Å². The number of hydrogen-bond donors (Lipinski definition) is 1. The van der Waals surface area contributed by atoms with Gasteiger partial charge in [0.05, 0.1) is 5.69 Å². The number of carbonyl (C=O) groups is 1. The Morgan fingerprint density at radius 3 is 2.32 bits per heavy atom. The molecule has 0 aliphatic carbocycles. The zero-order chi connectivity index (χ0) is 17.6. The third kappa shape index (κ3) is 4.04. The lowest BCUT2D eigenvalue weighted by Gasteiger charge is -2.07. The Balaban J connectivity index is 2.04. The molecule has 0 bridgehead atoms. The van der Waals surface area contributed by atoms with Crippen molar-refractivity contribution in [2.75, 3.05) is 0 Å². The molecular formula is C21H20N2O2. The molecule has 0 spiro atoms. The quantitative estimate of drug-likeness (QED) is 0.677. The summed E-state index contributed by atoms with van der Waals surface area (Å²) in [6.45, 7) is 2.51. The van der Waals surface area contributed by atoms with Crippen LogP contribution in [0.2, 0.25) is 0 Å². The third-order valence-electron chi connectivity index (χ3n) is 4.00. The Labute approximate surface area is 147 Å². The van der Waals surface area contributed by atoms with Crippen LogP contribution < -0.4 is 0 Å². The van der Waals surface area contributed by atoms with Crippen LogP contribution in [0.1, 0.15) is 24.6 Å². The van der Waals surface area contributed by atoms with Crippen molar-refractivity contribution in [3.63, 3.8) is 0 Å². The van der Waals surface area contributed by atoms with E-state index < -0.39 is 5.97 Å². The van der Waals surface area contributed by atoms with E-state index in [0.29, 0.717) is 24.2 Å². The molecule has 3 aromatic rings. The second kappa shape index (κ2) is 7.62. The molecule has 0 atom stereocenters. The van der Waals surface area contributed by atoms with Crippen molar-refractivity contribution in [3.8, 4) is 11.4 Å². The molecule has 0 fully saturated rings. The van der Waals surface area contributed by atoms with Gasteiger partial charge < -0.3 is 9.67 Å². The summed E-state index contributed by atoms with van der Waals surface area (Å²) in [5, 5.41) is 9.26. The Kier molecular flexibility index (Phi) is 5.09. The molecule has 0 saturated carbocycles. The highest BCUT2D eigenvalue weighted by Crippen LogP contribution is 2.22. The predicted molar refractivity (Wildman–Crippen MR) is 99.1 cm³/mol. The Morgan fingerprint density at radius 2 is 1.72 bits per heavy atom. The number of hydrogen-bond acceptors (Lipinski definition) is 2. The molecule has 3 rings (SSSR count). The van der Waals surface area contributed by atoms with Gasteiger partial charge in [0.2, 0.25) is 0 Å². The average molecular weight is 332 g/mol. The van der Waals surface area contributed by atoms with E-state index in [1.54, 1.807) is 6.08 Å². The van der Waals surface area contributed by atoms with Gasteiger partial charge in [-0.15, -0.1) is 0 Å². The molecular weight excluding hydrogens is 312 g/mol. The van der Waals surface area contributed by atoms with E-state index in [2.05, 4.69) is 21.7 Å². The highest BCUT2D eigenvalue weighted by molar-refractivity contribution is 5.91. The number of carboxylic acids is 1. The van der Waals surface area contributed by atoms with Gasteiger partial charge in [-0.05, 0) is 18.1 Å². The molecule has 0 unspecified atom stereocenters. The number of carboxylic acid groups (broad SMARTS) is 1. The first-order chi connectivity index (χ1) is 12.2. The molecule has 25 heavy (non-hydrogen) atoms. The van der Waals surface area contributed by atoms with E-state index in [4.69, 9.17) is 0 Å². The molecule has 1 aromatic heterocycles. The molecule has 4 nitrogen and oxygen atoms in total. The fourth-order valence-corrected chi connectivity index (χ4v) is 2.72. The summed E-state index contributed by atoms with van der Waals surface area (Å²) in [6, 6.07) is 20.1. The molecule has 1 heterocycles. The fourth-order valence-electron chi connectivity index (χ4n) is 2.72. The minimum absolute atomic E-state index is 0.351. The lowest BCUT2D eigenvalue weighted by atomic mass is 10.2. The highest BCUT2D eigenvalue weighted by Gasteiger charge is 2.12. The molecule has 126 valence electrons. The van der Waals surface area contributed by atoms with E-state index in [1.807, 2.05) is 61.7 Å². The summed E-state index contributed by atoms with van der Waals surface area (Å²) >= 11 is 0. The van der Waals surface area contributed by atoms with Gasteiger partial charge in [0.1, 0.15) is 5.82 Å². The van der Waals surface area contributed by atoms with Gasteiger partial charge in [0.25, 0.3) is 0 Å². The second-order valence-corrected chi connectivity index (χ2v) is 5.80. The SMILES string of the molecule is CC/C(=C\c1cn(Cc2ccccc2)c(-c2ccccc2)n1)C(=O)O. The topological polar surface area (TPSA) is 55.1 Å². The van der Waals surface area contributed by atoms with Crippen molar-refractivity contribution in [1.82, 2.24) is 9.55 Å². The van der Waals surface area contributed by atoms with Crippen LogP contribution in [0, 0.1) is 0 Å². The van der Waals surface area contributed by atoms with Crippen LogP contribution in [-0.4, -0.2) is 20.6 Å². The van der Waals surface area contributed by atoms with Crippen LogP contribution >= 0.6 is 0 Å². The van der Waals surface area contributed by atoms with Crippen molar-refractivity contribution in [3.05, 3.63) is 83.7 Å². The zero-order valence-electron chi connectivity index (χ0n) is 14.1. The van der Waals surface area contributed by atoms with E-state index >= 15 is 0 Å². The van der Waals surface area contributed by atoms with E-state index in [-0.39, 0.29) is 0 Å². The van der Waals surface area contributed by atoms with Crippen molar-refractivity contribution in [1.29, 1.82) is 0 Å². The summed E-state index contributed by atoms with van der Waals surface area (Å²) in [6.07, 6.45) is 4.02. The molecule has 0 amide bonds. The lowest BCUT2D eigenvalue weighted by molar-refractivity contribution is -0.132. The molecule has 0 aliphatic heterocycles. The van der Waals surface area contributed by atoms with Gasteiger partial charge in [-0.3, -0.25) is 0 Å². The minimum atomic E-state index is -0.902. The number of imidazole rings is 1. The Morgan fingerprint density at radius 1 is 1.08 bits per heavy atom. The van der Waals surface area contributed by atoms with Gasteiger partial charge in [-0.25, -0.2) is 9.78 Å². The maximum atomic E-state index is 11.3. The molecule has 2 aromatic carbocycles. The van der Waals surface area contributed by atoms with E-state index in [1.165, 1.54) is 5.56 Å². The first-order valence-electron chi connectivity index (χ1n) is 8.27. The average Bonchev–Trinajstić information content (AvgIpc) is 3.03. The van der Waals surface area contributed by atoms with Gasteiger partial charge in [0.15, 0.2) is 0 Å². The molecule has 4 heteroatoms. The maximum Gasteiger partial charge on any atom is 0.331 e. The second-order valence-electron chi connectivity index (χ2n) is 5.80. The summed E-state index contributed by atoms with van der Waals surface area (Å²) in [5.74, 6) is -0.0714. The normalized spacial score (nSPS) is 11.5. The van der Waals surface area contributed by atoms with Crippen LogP contribution in [0.4, 0.5) is 0 Å². The number of aliphatic carboxylic acids is 1. The fraction of sp³-hybridized carbons (Fsp3) is 0.143. The molecule has 0 aliphatic rings. The lowest BCUT2D eigenvalue weighted by Crippen LogP contribution is -2.00. The van der Waals surface area contributed by atoms with Gasteiger partial charge in [0, 0.05) is 23.9 Å². The van der Waals surface area contributed by atoms with Gasteiger partial charge in [-0.1, -0.05) is 67.6 Å². The van der Waals surface area contributed by atoms with Crippen LogP contribution in [0.25, 0.3) is 17.5 Å². The standard InChI is InChI=1S/C21H20N2O2/c1-2-17(21(24)25)13-19-15-23(14-16-9-5-3-6-10-16)20(22-19)18-11-7-4-8-12-18/h3-13,15H,2,14H2,1H3,(H,24,25)/b17-13+. The van der Waals surface area contributed by atoms with Crippen molar-refractivity contribution in [2.24, 2.45) is 0 Å². The monoisotopic (exact) mass is 332 g/mol. The van der Waals surface area contributed by atoms with Crippen LogP contribution in [-0.2, 0) is 11.3 Å². The third-order valence-corrected chi connectivity index (χ3v) is 4.00. The number of aromatic nitrogens is 2. The largest absolute Gasteiger partial charge is 0.478 e. The summed E-state index contributed by atoms with van der Waals surface area (Å²) in [7, 11) is 0. The van der Waals surface area contributed by atoms with Crippen molar-refractivity contribution < 1.29 is 9.90 Å². The first kappa shape index (κ1) is 16.7.